The molecule has 11 heteroatoms. The van der Waals surface area contributed by atoms with Crippen LogP contribution < -0.4 is 26.4 Å². The van der Waals surface area contributed by atoms with Gasteiger partial charge in [0.25, 0.3) is 11.8 Å². The molecule has 0 saturated carbocycles. The maximum Gasteiger partial charge on any atom is 0.273 e. The zero-order valence-electron chi connectivity index (χ0n) is 22.0. The van der Waals surface area contributed by atoms with Gasteiger partial charge < -0.3 is 21.5 Å². The number of nitrogen functional groups attached to an aromatic ring is 1. The number of aromatic nitrogens is 2. The third-order valence-corrected chi connectivity index (χ3v) is 7.33. The lowest BCUT2D eigenvalue weighted by molar-refractivity contribution is -0.122. The number of fused-ring (bicyclic) bond motifs is 1. The van der Waals surface area contributed by atoms with E-state index in [1.165, 1.54) is 4.90 Å². The number of carbonyl (C=O) groups is 3. The third kappa shape index (κ3) is 5.70. The van der Waals surface area contributed by atoms with Gasteiger partial charge in [0.1, 0.15) is 16.7 Å². The van der Waals surface area contributed by atoms with Crippen LogP contribution in [0.5, 0.6) is 5.75 Å². The number of anilines is 2. The van der Waals surface area contributed by atoms with Crippen molar-refractivity contribution in [2.75, 3.05) is 17.7 Å². The Morgan fingerprint density at radius 3 is 2.44 bits per heavy atom. The van der Waals surface area contributed by atoms with Gasteiger partial charge in [0.15, 0.2) is 5.69 Å². The van der Waals surface area contributed by atoms with Crippen LogP contribution in [0.25, 0.3) is 10.9 Å². The molecule has 41 heavy (non-hydrogen) atoms. The van der Waals surface area contributed by atoms with Crippen LogP contribution in [0.4, 0.5) is 11.4 Å². The Labute approximate surface area is 239 Å². The Bertz CT molecular complexity index is 1720. The smallest absolute Gasteiger partial charge is 0.273 e. The summed E-state index contributed by atoms with van der Waals surface area (Å²) >= 11 is 0.756. The fourth-order valence-electron chi connectivity index (χ4n) is 4.42. The second-order valence-corrected chi connectivity index (χ2v) is 9.85. The number of hydrogen-bond acceptors (Lipinski definition) is 8. The molecule has 1 unspecified atom stereocenters. The summed E-state index contributed by atoms with van der Waals surface area (Å²) in [5.41, 5.74) is 13.8. The van der Waals surface area contributed by atoms with E-state index in [1.54, 1.807) is 74.0 Å². The summed E-state index contributed by atoms with van der Waals surface area (Å²) in [6, 6.07) is 24.0. The van der Waals surface area contributed by atoms with Crippen molar-refractivity contribution in [2.45, 2.75) is 12.6 Å². The lowest BCUT2D eigenvalue weighted by Gasteiger charge is -2.31. The van der Waals surface area contributed by atoms with Gasteiger partial charge in [0.2, 0.25) is 5.91 Å². The van der Waals surface area contributed by atoms with E-state index >= 15 is 0 Å². The van der Waals surface area contributed by atoms with Gasteiger partial charge in [-0.15, -0.1) is 0 Å². The largest absolute Gasteiger partial charge is 0.497 e. The molecule has 5 rings (SSSR count). The van der Waals surface area contributed by atoms with Gasteiger partial charge in [-0.05, 0) is 65.1 Å². The lowest BCUT2D eigenvalue weighted by Crippen LogP contribution is -2.44. The van der Waals surface area contributed by atoms with Crippen molar-refractivity contribution >= 4 is 51.5 Å². The van der Waals surface area contributed by atoms with Crippen molar-refractivity contribution in [3.63, 3.8) is 0 Å². The maximum atomic E-state index is 14.2. The maximum absolute atomic E-state index is 14.2. The number of hydrogen-bond donors (Lipinski definition) is 3. The van der Waals surface area contributed by atoms with Crippen molar-refractivity contribution in [3.05, 3.63) is 113 Å². The Morgan fingerprint density at radius 2 is 1.76 bits per heavy atom. The van der Waals surface area contributed by atoms with Crippen molar-refractivity contribution < 1.29 is 19.1 Å². The summed E-state index contributed by atoms with van der Waals surface area (Å²) in [7, 11) is 1.58. The highest BCUT2D eigenvalue weighted by Crippen LogP contribution is 2.34. The molecule has 0 bridgehead atoms. The molecule has 0 aliphatic rings. The SMILES string of the molecule is COc1ccc(CNC(=O)C(c2ccc3ncccc3c2)N(C(=O)c2snc(C(N)=O)c2N)c2ccccc2)cc1. The number of nitrogens with zero attached hydrogens (tertiary/aromatic N) is 3. The van der Waals surface area contributed by atoms with E-state index < -0.39 is 23.8 Å². The average molecular weight is 567 g/mol. The summed E-state index contributed by atoms with van der Waals surface area (Å²) in [6.45, 7) is 0.208. The highest BCUT2D eigenvalue weighted by Gasteiger charge is 2.36. The van der Waals surface area contributed by atoms with Crippen molar-refractivity contribution in [1.29, 1.82) is 0 Å². The molecule has 0 aliphatic carbocycles. The number of methoxy groups -OCH3 is 1. The predicted octanol–water partition coefficient (Wildman–Crippen LogP) is 4.09. The van der Waals surface area contributed by atoms with Crippen molar-refractivity contribution in [3.8, 4) is 5.75 Å². The van der Waals surface area contributed by atoms with E-state index in [1.807, 2.05) is 24.3 Å². The van der Waals surface area contributed by atoms with Crippen LogP contribution in [0.2, 0.25) is 0 Å². The Kier molecular flexibility index (Phi) is 7.88. The molecule has 10 nitrogen and oxygen atoms in total. The van der Waals surface area contributed by atoms with Crippen LogP contribution in [-0.4, -0.2) is 34.2 Å². The number of nitrogens with two attached hydrogens (primary N) is 2. The summed E-state index contributed by atoms with van der Waals surface area (Å²) in [6.07, 6.45) is 1.68. The van der Waals surface area contributed by atoms with Gasteiger partial charge in [0.05, 0.1) is 18.3 Å². The van der Waals surface area contributed by atoms with Crippen LogP contribution in [0.1, 0.15) is 37.3 Å². The number of amides is 3. The first-order valence-corrected chi connectivity index (χ1v) is 13.3. The molecular formula is C30H26N6O4S. The fraction of sp³-hybridized carbons (Fsp3) is 0.100. The molecule has 3 amide bonds. The van der Waals surface area contributed by atoms with E-state index in [0.29, 0.717) is 17.0 Å². The minimum absolute atomic E-state index is 0.00179. The van der Waals surface area contributed by atoms with Gasteiger partial charge in [0, 0.05) is 23.8 Å². The van der Waals surface area contributed by atoms with Gasteiger partial charge in [-0.2, -0.15) is 4.37 Å². The van der Waals surface area contributed by atoms with E-state index in [0.717, 1.165) is 28.0 Å². The number of benzene rings is 3. The fourth-order valence-corrected chi connectivity index (χ4v) is 5.16. The standard InChI is InChI=1S/C30H26N6O4S/c1-40-22-12-9-18(10-13-22)17-34-29(38)26(20-11-14-23-19(16-20)6-5-15-33-23)36(21-7-3-2-4-8-21)30(39)27-24(31)25(28(32)37)35-41-27/h2-16,26H,17,31H2,1H3,(H2,32,37)(H,34,38). The van der Waals surface area contributed by atoms with E-state index in [2.05, 4.69) is 14.7 Å². The van der Waals surface area contributed by atoms with Crippen molar-refractivity contribution in [1.82, 2.24) is 14.7 Å². The summed E-state index contributed by atoms with van der Waals surface area (Å²) < 4.78 is 9.22. The lowest BCUT2D eigenvalue weighted by atomic mass is 10.00. The number of carbonyl (C=O) groups excluding carboxylic acids is 3. The number of ether oxygens (including phenoxy) is 1. The van der Waals surface area contributed by atoms with Gasteiger partial charge in [-0.1, -0.05) is 42.5 Å². The minimum Gasteiger partial charge on any atom is -0.497 e. The Hall–Kier alpha value is -5.29. The van der Waals surface area contributed by atoms with Crippen LogP contribution in [0.3, 0.4) is 0 Å². The quantitative estimate of drug-likeness (QED) is 0.243. The highest BCUT2D eigenvalue weighted by molar-refractivity contribution is 7.09. The van der Waals surface area contributed by atoms with Crippen LogP contribution >= 0.6 is 11.5 Å². The number of rotatable bonds is 9. The predicted molar refractivity (Wildman–Crippen MR) is 158 cm³/mol. The molecule has 0 fully saturated rings. The van der Waals surface area contributed by atoms with Crippen LogP contribution in [0.15, 0.2) is 91.1 Å². The molecule has 3 aromatic carbocycles. The second kappa shape index (κ2) is 11.8. The zero-order chi connectivity index (χ0) is 28.9. The van der Waals surface area contributed by atoms with Gasteiger partial charge in [-0.3, -0.25) is 24.3 Å². The summed E-state index contributed by atoms with van der Waals surface area (Å²) in [4.78, 5) is 45.8. The third-order valence-electron chi connectivity index (χ3n) is 6.48. The molecule has 0 saturated heterocycles. The number of para-hydroxylation sites is 1. The Morgan fingerprint density at radius 1 is 1.00 bits per heavy atom. The van der Waals surface area contributed by atoms with Crippen LogP contribution in [0, 0.1) is 0 Å². The average Bonchev–Trinajstić information content (AvgIpc) is 3.40. The van der Waals surface area contributed by atoms with Gasteiger partial charge >= 0.3 is 0 Å². The minimum atomic E-state index is -1.12. The topological polar surface area (TPSA) is 154 Å². The van der Waals surface area contributed by atoms with Crippen molar-refractivity contribution in [2.24, 2.45) is 5.73 Å². The first-order valence-electron chi connectivity index (χ1n) is 12.6. The number of nitrogens with one attached hydrogen (secondary N) is 1. The first-order chi connectivity index (χ1) is 19.9. The number of primary amides is 1. The summed E-state index contributed by atoms with van der Waals surface area (Å²) in [5.74, 6) is -1.19. The molecule has 5 N–H and O–H groups in total. The molecule has 2 aromatic heterocycles. The van der Waals surface area contributed by atoms with Gasteiger partial charge in [-0.25, -0.2) is 0 Å². The zero-order valence-corrected chi connectivity index (χ0v) is 22.8. The Balaban J connectivity index is 1.61. The second-order valence-electron chi connectivity index (χ2n) is 9.07. The molecule has 2 heterocycles. The highest BCUT2D eigenvalue weighted by atomic mass is 32.1. The first kappa shape index (κ1) is 27.3. The normalized spacial score (nSPS) is 11.5. The van der Waals surface area contributed by atoms with E-state index in [-0.39, 0.29) is 22.8 Å². The molecule has 0 spiro atoms. The molecule has 206 valence electrons. The molecule has 0 radical (unpaired) electrons. The van der Waals surface area contributed by atoms with E-state index in [9.17, 15) is 14.4 Å². The van der Waals surface area contributed by atoms with E-state index in [4.69, 9.17) is 16.2 Å². The molecule has 5 aromatic rings. The number of pyridine rings is 1. The summed E-state index contributed by atoms with van der Waals surface area (Å²) in [5, 5.41) is 3.77. The molecule has 1 atom stereocenters. The molecule has 0 aliphatic heterocycles. The molecular weight excluding hydrogens is 540 g/mol. The monoisotopic (exact) mass is 566 g/mol. The van der Waals surface area contributed by atoms with Crippen LogP contribution in [-0.2, 0) is 11.3 Å².